The Labute approximate surface area is 162 Å². The Balaban J connectivity index is 1.68. The summed E-state index contributed by atoms with van der Waals surface area (Å²) in [5, 5.41) is 0. The number of esters is 1. The number of nitrogens with two attached hydrogens (primary N) is 1. The Morgan fingerprint density at radius 3 is 2.86 bits per heavy atom. The third-order valence-corrected chi connectivity index (χ3v) is 4.06. The van der Waals surface area contributed by atoms with Crippen LogP contribution in [0, 0.1) is 0 Å². The Kier molecular flexibility index (Phi) is 6.25. The van der Waals surface area contributed by atoms with Crippen LogP contribution in [-0.2, 0) is 11.3 Å². The molecule has 0 aliphatic heterocycles. The number of nitrogens with zero attached hydrogens (tertiary/aromatic N) is 4. The average molecular weight is 385 g/mol. The zero-order valence-corrected chi connectivity index (χ0v) is 15.9. The van der Waals surface area contributed by atoms with Crippen molar-refractivity contribution in [1.29, 1.82) is 0 Å². The van der Waals surface area contributed by atoms with Gasteiger partial charge in [-0.05, 0) is 24.6 Å². The number of methoxy groups -OCH3 is 1. The lowest BCUT2D eigenvalue weighted by Crippen LogP contribution is -2.10. The zero-order valence-electron chi connectivity index (χ0n) is 15.9. The summed E-state index contributed by atoms with van der Waals surface area (Å²) < 4.78 is 17.8. The van der Waals surface area contributed by atoms with Crippen LogP contribution in [0.4, 0.5) is 5.82 Å². The molecule has 3 rings (SSSR count). The largest absolute Gasteiger partial charge is 0.492 e. The van der Waals surface area contributed by atoms with Gasteiger partial charge in [0.2, 0.25) is 0 Å². The van der Waals surface area contributed by atoms with E-state index >= 15 is 0 Å². The summed E-state index contributed by atoms with van der Waals surface area (Å²) in [5.74, 6) is 0.445. The molecule has 2 aromatic heterocycles. The smallest absolute Gasteiger partial charge is 0.337 e. The zero-order chi connectivity index (χ0) is 19.9. The lowest BCUT2D eigenvalue weighted by molar-refractivity contribution is 0.0600. The highest BCUT2D eigenvalue weighted by Crippen LogP contribution is 2.20. The van der Waals surface area contributed by atoms with Crippen LogP contribution in [-0.4, -0.2) is 45.8 Å². The van der Waals surface area contributed by atoms with Crippen molar-refractivity contribution in [2.24, 2.45) is 0 Å². The summed E-state index contributed by atoms with van der Waals surface area (Å²) in [4.78, 5) is 24.4. The molecule has 9 heteroatoms. The van der Waals surface area contributed by atoms with Gasteiger partial charge in [-0.1, -0.05) is 19.4 Å². The van der Waals surface area contributed by atoms with Gasteiger partial charge in [0.15, 0.2) is 17.0 Å². The number of hydrogen-bond donors (Lipinski definition) is 1. The highest BCUT2D eigenvalue weighted by atomic mass is 16.5. The Bertz CT molecular complexity index is 957. The summed E-state index contributed by atoms with van der Waals surface area (Å²) in [6.45, 7) is 3.46. The maximum absolute atomic E-state index is 11.6. The number of rotatable bonds is 9. The number of hydrogen-bond acceptors (Lipinski definition) is 8. The van der Waals surface area contributed by atoms with E-state index in [0.29, 0.717) is 42.2 Å². The maximum Gasteiger partial charge on any atom is 0.337 e. The molecule has 0 saturated heterocycles. The van der Waals surface area contributed by atoms with Crippen molar-refractivity contribution in [1.82, 2.24) is 19.5 Å². The summed E-state index contributed by atoms with van der Waals surface area (Å²) in [5.41, 5.74) is 7.52. The first kappa shape index (κ1) is 19.4. The normalized spacial score (nSPS) is 10.8. The molecular formula is C19H23N5O4. The number of benzene rings is 1. The lowest BCUT2D eigenvalue weighted by atomic mass is 10.2. The van der Waals surface area contributed by atoms with E-state index in [1.807, 2.05) is 4.57 Å². The van der Waals surface area contributed by atoms with Crippen molar-refractivity contribution >= 4 is 23.0 Å². The molecule has 9 nitrogen and oxygen atoms in total. The van der Waals surface area contributed by atoms with Crippen LogP contribution < -0.4 is 15.2 Å². The third-order valence-electron chi connectivity index (χ3n) is 4.06. The number of carbonyl (C=O) groups is 1. The molecule has 0 amide bonds. The predicted molar refractivity (Wildman–Crippen MR) is 103 cm³/mol. The number of carbonyl (C=O) groups excluding carboxylic acids is 1. The monoisotopic (exact) mass is 385 g/mol. The fourth-order valence-corrected chi connectivity index (χ4v) is 2.57. The first-order chi connectivity index (χ1) is 13.6. The van der Waals surface area contributed by atoms with E-state index in [1.165, 1.54) is 7.11 Å². The van der Waals surface area contributed by atoms with Crippen molar-refractivity contribution in [3.05, 3.63) is 36.2 Å². The topological polar surface area (TPSA) is 114 Å². The van der Waals surface area contributed by atoms with Gasteiger partial charge in [0.25, 0.3) is 0 Å². The van der Waals surface area contributed by atoms with E-state index in [9.17, 15) is 4.79 Å². The number of imidazole rings is 1. The van der Waals surface area contributed by atoms with Gasteiger partial charge in [0, 0.05) is 0 Å². The second-order valence-corrected chi connectivity index (χ2v) is 6.07. The van der Waals surface area contributed by atoms with E-state index in [1.54, 1.807) is 30.6 Å². The van der Waals surface area contributed by atoms with Crippen LogP contribution in [0.5, 0.6) is 11.8 Å². The highest BCUT2D eigenvalue weighted by molar-refractivity contribution is 5.89. The molecule has 1 aromatic carbocycles. The van der Waals surface area contributed by atoms with Gasteiger partial charge in [-0.3, -0.25) is 0 Å². The molecule has 0 radical (unpaired) electrons. The fraction of sp³-hybridized carbons (Fsp3) is 0.368. The number of fused-ring (bicyclic) bond motifs is 1. The van der Waals surface area contributed by atoms with Crippen molar-refractivity contribution < 1.29 is 19.0 Å². The van der Waals surface area contributed by atoms with Crippen molar-refractivity contribution in [2.45, 2.75) is 26.3 Å². The van der Waals surface area contributed by atoms with E-state index in [-0.39, 0.29) is 11.8 Å². The summed E-state index contributed by atoms with van der Waals surface area (Å²) in [7, 11) is 1.34. The minimum atomic E-state index is -0.408. The Morgan fingerprint density at radius 1 is 1.21 bits per heavy atom. The molecule has 28 heavy (non-hydrogen) atoms. The van der Waals surface area contributed by atoms with Crippen molar-refractivity contribution in [3.63, 3.8) is 0 Å². The molecule has 148 valence electrons. The van der Waals surface area contributed by atoms with Crippen LogP contribution >= 0.6 is 0 Å². The molecule has 2 N–H and O–H groups in total. The lowest BCUT2D eigenvalue weighted by Gasteiger charge is -2.09. The molecule has 0 fully saturated rings. The molecule has 0 unspecified atom stereocenters. The van der Waals surface area contributed by atoms with Gasteiger partial charge < -0.3 is 24.5 Å². The van der Waals surface area contributed by atoms with Gasteiger partial charge in [-0.2, -0.15) is 9.97 Å². The van der Waals surface area contributed by atoms with Crippen LogP contribution in [0.15, 0.2) is 30.6 Å². The van der Waals surface area contributed by atoms with Crippen LogP contribution in [0.3, 0.4) is 0 Å². The predicted octanol–water partition coefficient (Wildman–Crippen LogP) is 2.45. The number of nitrogen functional groups attached to an aromatic ring is 1. The fourth-order valence-electron chi connectivity index (χ4n) is 2.57. The molecule has 0 saturated carbocycles. The highest BCUT2D eigenvalue weighted by Gasteiger charge is 2.12. The quantitative estimate of drug-likeness (QED) is 0.441. The van der Waals surface area contributed by atoms with E-state index in [0.717, 1.165) is 12.8 Å². The van der Waals surface area contributed by atoms with Crippen LogP contribution in [0.1, 0.15) is 30.1 Å². The van der Waals surface area contributed by atoms with Crippen LogP contribution in [0.25, 0.3) is 11.2 Å². The summed E-state index contributed by atoms with van der Waals surface area (Å²) in [6, 6.07) is 7.06. The second kappa shape index (κ2) is 9.03. The molecule has 0 aliphatic carbocycles. The Morgan fingerprint density at radius 2 is 2.07 bits per heavy atom. The van der Waals surface area contributed by atoms with Gasteiger partial charge in [0.1, 0.15) is 12.4 Å². The summed E-state index contributed by atoms with van der Waals surface area (Å²) >= 11 is 0. The van der Waals surface area contributed by atoms with Crippen molar-refractivity contribution in [2.75, 3.05) is 26.1 Å². The molecule has 0 spiro atoms. The molecular weight excluding hydrogens is 362 g/mol. The minimum Gasteiger partial charge on any atom is -0.492 e. The number of aromatic nitrogens is 4. The molecule has 0 bridgehead atoms. The van der Waals surface area contributed by atoms with Gasteiger partial charge in [0.05, 0.1) is 32.2 Å². The molecule has 0 aliphatic rings. The number of unbranched alkanes of at least 4 members (excludes halogenated alkanes) is 1. The van der Waals surface area contributed by atoms with E-state index < -0.39 is 5.97 Å². The number of anilines is 1. The molecule has 3 aromatic rings. The number of ether oxygens (including phenoxy) is 3. The minimum absolute atomic E-state index is 0.242. The molecule has 0 atom stereocenters. The van der Waals surface area contributed by atoms with E-state index in [4.69, 9.17) is 19.9 Å². The summed E-state index contributed by atoms with van der Waals surface area (Å²) in [6.07, 6.45) is 3.57. The maximum atomic E-state index is 11.6. The van der Waals surface area contributed by atoms with Gasteiger partial charge >= 0.3 is 12.0 Å². The van der Waals surface area contributed by atoms with Gasteiger partial charge in [-0.25, -0.2) is 9.78 Å². The SMILES string of the molecule is CCCCOc1nc(N)c2ncn(CCOc3cccc(C(=O)OC)c3)c2n1. The Hall–Kier alpha value is -3.36. The first-order valence-corrected chi connectivity index (χ1v) is 9.04. The van der Waals surface area contributed by atoms with E-state index in [2.05, 4.69) is 21.9 Å². The van der Waals surface area contributed by atoms with Crippen molar-refractivity contribution in [3.8, 4) is 11.8 Å². The average Bonchev–Trinajstić information content (AvgIpc) is 3.11. The van der Waals surface area contributed by atoms with Crippen LogP contribution in [0.2, 0.25) is 0 Å². The molecule has 2 heterocycles. The standard InChI is InChI=1S/C19H23N5O4/c1-3-4-9-28-19-22-16(20)15-17(23-19)24(12-21-15)8-10-27-14-7-5-6-13(11-14)18(25)26-2/h5-7,11-12H,3-4,8-10H2,1-2H3,(H2,20,22,23). The first-order valence-electron chi connectivity index (χ1n) is 9.04. The second-order valence-electron chi connectivity index (χ2n) is 6.07. The third kappa shape index (κ3) is 4.48. The van der Waals surface area contributed by atoms with Gasteiger partial charge in [-0.15, -0.1) is 0 Å².